The first-order valence-electron chi connectivity index (χ1n) is 4.37. The maximum atomic E-state index is 12.8. The number of hydrogen-bond donors (Lipinski definition) is 2. The van der Waals surface area contributed by atoms with Crippen molar-refractivity contribution in [2.24, 2.45) is 0 Å². The lowest BCUT2D eigenvalue weighted by Crippen LogP contribution is -2.56. The largest absolute Gasteiger partial charge is 0.480 e. The fourth-order valence-corrected chi connectivity index (χ4v) is 1.31. The Balaban J connectivity index is 4.56. The molecule has 0 saturated carbocycles. The molecule has 0 aromatic heterocycles. The molecule has 16 heavy (non-hydrogen) atoms. The van der Waals surface area contributed by atoms with Gasteiger partial charge in [0.15, 0.2) is 0 Å². The van der Waals surface area contributed by atoms with Crippen LogP contribution in [0.2, 0.25) is 0 Å². The lowest BCUT2D eigenvalue weighted by atomic mass is 10.2. The number of halogens is 4. The lowest BCUT2D eigenvalue weighted by Gasteiger charge is -2.27. The van der Waals surface area contributed by atoms with Crippen LogP contribution in [0.1, 0.15) is 13.3 Å². The van der Waals surface area contributed by atoms with E-state index in [1.807, 2.05) is 0 Å². The van der Waals surface area contributed by atoms with Crippen molar-refractivity contribution < 1.29 is 27.5 Å². The second kappa shape index (κ2) is 5.72. The first-order chi connectivity index (χ1) is 7.12. The standard InChI is InChI=1S/C8H13F4NO2S/c1-7(9,10)8(11,12)13-5(6(14)15)3-4-16-2/h5,13H,3-4H2,1-2H3,(H,14,15)/t5-/m0/s1. The third kappa shape index (κ3) is 4.56. The predicted octanol–water partition coefficient (Wildman–Crippen LogP) is 2.03. The normalized spacial score (nSPS) is 14.9. The molecule has 8 heteroatoms. The molecular formula is C8H13F4NO2S. The number of carboxylic acids is 1. The van der Waals surface area contributed by atoms with E-state index in [1.54, 1.807) is 6.26 Å². The van der Waals surface area contributed by atoms with E-state index in [2.05, 4.69) is 0 Å². The van der Waals surface area contributed by atoms with E-state index in [0.29, 0.717) is 0 Å². The van der Waals surface area contributed by atoms with Gasteiger partial charge in [-0.25, -0.2) is 5.32 Å². The summed E-state index contributed by atoms with van der Waals surface area (Å²) in [5, 5.41) is 9.75. The van der Waals surface area contributed by atoms with Crippen LogP contribution in [0.15, 0.2) is 0 Å². The summed E-state index contributed by atoms with van der Waals surface area (Å²) in [7, 11) is 0. The molecule has 0 fully saturated rings. The number of aliphatic carboxylic acids is 1. The molecule has 0 aromatic rings. The van der Waals surface area contributed by atoms with Crippen LogP contribution in [0.25, 0.3) is 0 Å². The third-order valence-electron chi connectivity index (χ3n) is 1.82. The van der Waals surface area contributed by atoms with E-state index in [1.165, 1.54) is 17.1 Å². The molecule has 96 valence electrons. The van der Waals surface area contributed by atoms with Gasteiger partial charge in [0.25, 0.3) is 0 Å². The van der Waals surface area contributed by atoms with Crippen molar-refractivity contribution in [3.05, 3.63) is 0 Å². The number of carbonyl (C=O) groups is 1. The molecule has 0 rings (SSSR count). The van der Waals surface area contributed by atoms with Crippen LogP contribution in [0.5, 0.6) is 0 Å². The topological polar surface area (TPSA) is 49.3 Å². The number of nitrogens with one attached hydrogen (secondary N) is 1. The van der Waals surface area contributed by atoms with Gasteiger partial charge < -0.3 is 5.11 Å². The van der Waals surface area contributed by atoms with E-state index in [9.17, 15) is 22.4 Å². The molecule has 1 atom stereocenters. The Labute approximate surface area is 94.6 Å². The Hall–Kier alpha value is -0.500. The van der Waals surface area contributed by atoms with Crippen molar-refractivity contribution in [2.75, 3.05) is 12.0 Å². The number of alkyl halides is 4. The van der Waals surface area contributed by atoms with E-state index in [0.717, 1.165) is 0 Å². The van der Waals surface area contributed by atoms with Crippen molar-refractivity contribution in [1.82, 2.24) is 5.32 Å². The zero-order valence-electron chi connectivity index (χ0n) is 8.77. The number of rotatable bonds is 7. The molecule has 0 bridgehead atoms. The fraction of sp³-hybridized carbons (Fsp3) is 0.875. The zero-order valence-corrected chi connectivity index (χ0v) is 9.58. The second-order valence-electron chi connectivity index (χ2n) is 3.28. The Morgan fingerprint density at radius 3 is 2.25 bits per heavy atom. The second-order valence-corrected chi connectivity index (χ2v) is 4.27. The Morgan fingerprint density at radius 1 is 1.44 bits per heavy atom. The fourth-order valence-electron chi connectivity index (χ4n) is 0.839. The predicted molar refractivity (Wildman–Crippen MR) is 53.1 cm³/mol. The Morgan fingerprint density at radius 2 is 1.94 bits per heavy atom. The summed E-state index contributed by atoms with van der Waals surface area (Å²) >= 11 is 1.25. The van der Waals surface area contributed by atoms with Gasteiger partial charge in [0.2, 0.25) is 0 Å². The summed E-state index contributed by atoms with van der Waals surface area (Å²) in [6.07, 6.45) is 1.51. The summed E-state index contributed by atoms with van der Waals surface area (Å²) in [4.78, 5) is 10.6. The van der Waals surface area contributed by atoms with Gasteiger partial charge in [-0.1, -0.05) is 0 Å². The van der Waals surface area contributed by atoms with Crippen LogP contribution in [0, 0.1) is 0 Å². The van der Waals surface area contributed by atoms with Gasteiger partial charge in [-0.2, -0.15) is 29.3 Å². The molecule has 0 spiro atoms. The molecule has 0 aliphatic rings. The Kier molecular flexibility index (Phi) is 5.54. The van der Waals surface area contributed by atoms with Gasteiger partial charge in [0, 0.05) is 6.92 Å². The number of hydrogen-bond acceptors (Lipinski definition) is 3. The van der Waals surface area contributed by atoms with Crippen molar-refractivity contribution >= 4 is 17.7 Å². The summed E-state index contributed by atoms with van der Waals surface area (Å²) in [5.41, 5.74) is 0. The van der Waals surface area contributed by atoms with E-state index in [-0.39, 0.29) is 19.1 Å². The minimum Gasteiger partial charge on any atom is -0.480 e. The van der Waals surface area contributed by atoms with Gasteiger partial charge in [-0.3, -0.25) is 4.79 Å². The highest BCUT2D eigenvalue weighted by Crippen LogP contribution is 2.31. The summed E-state index contributed by atoms with van der Waals surface area (Å²) in [6.45, 7) is 0.0352. The Bertz CT molecular complexity index is 245. The van der Waals surface area contributed by atoms with Crippen LogP contribution in [0.4, 0.5) is 17.6 Å². The number of thioether (sulfide) groups is 1. The third-order valence-corrected chi connectivity index (χ3v) is 2.46. The molecule has 0 aliphatic carbocycles. The van der Waals surface area contributed by atoms with E-state index in [4.69, 9.17) is 5.11 Å². The van der Waals surface area contributed by atoms with Gasteiger partial charge in [-0.15, -0.1) is 0 Å². The highest BCUT2D eigenvalue weighted by Gasteiger charge is 2.53. The average Bonchev–Trinajstić information content (AvgIpc) is 2.09. The zero-order chi connectivity index (χ0) is 13.0. The van der Waals surface area contributed by atoms with E-state index >= 15 is 0 Å². The van der Waals surface area contributed by atoms with Crippen LogP contribution in [0.3, 0.4) is 0 Å². The molecule has 0 unspecified atom stereocenters. The average molecular weight is 263 g/mol. The van der Waals surface area contributed by atoms with Crippen molar-refractivity contribution in [2.45, 2.75) is 31.4 Å². The van der Waals surface area contributed by atoms with Gasteiger partial charge in [0.1, 0.15) is 6.04 Å². The molecule has 0 amide bonds. The number of carboxylic acid groups (broad SMARTS) is 1. The molecule has 0 aliphatic heterocycles. The highest BCUT2D eigenvalue weighted by atomic mass is 32.2. The first kappa shape index (κ1) is 15.5. The first-order valence-corrected chi connectivity index (χ1v) is 5.76. The quantitative estimate of drug-likeness (QED) is 0.545. The summed E-state index contributed by atoms with van der Waals surface area (Å²) in [5.74, 6) is -5.59. The van der Waals surface area contributed by atoms with Gasteiger partial charge in [-0.05, 0) is 18.4 Å². The molecule has 0 aromatic carbocycles. The smallest absolute Gasteiger partial charge is 0.365 e. The molecule has 3 nitrogen and oxygen atoms in total. The molecule has 0 heterocycles. The van der Waals surface area contributed by atoms with Crippen molar-refractivity contribution in [3.8, 4) is 0 Å². The summed E-state index contributed by atoms with van der Waals surface area (Å²) in [6, 6.07) is -6.22. The van der Waals surface area contributed by atoms with Crippen LogP contribution in [-0.4, -0.2) is 41.1 Å². The maximum absolute atomic E-state index is 12.8. The monoisotopic (exact) mass is 263 g/mol. The van der Waals surface area contributed by atoms with Crippen LogP contribution >= 0.6 is 11.8 Å². The highest BCUT2D eigenvalue weighted by molar-refractivity contribution is 7.98. The molecule has 0 radical (unpaired) electrons. The van der Waals surface area contributed by atoms with Crippen LogP contribution < -0.4 is 5.32 Å². The lowest BCUT2D eigenvalue weighted by molar-refractivity contribution is -0.221. The van der Waals surface area contributed by atoms with Crippen molar-refractivity contribution in [3.63, 3.8) is 0 Å². The SMILES string of the molecule is CSCC[C@H](NC(F)(F)C(C)(F)F)C(=O)O. The van der Waals surface area contributed by atoms with Gasteiger partial charge in [0.05, 0.1) is 0 Å². The molecule has 2 N–H and O–H groups in total. The minimum absolute atomic E-state index is 0.0352. The molecule has 0 saturated heterocycles. The van der Waals surface area contributed by atoms with Crippen molar-refractivity contribution in [1.29, 1.82) is 0 Å². The maximum Gasteiger partial charge on any atom is 0.365 e. The van der Waals surface area contributed by atoms with Crippen LogP contribution in [-0.2, 0) is 4.79 Å². The minimum atomic E-state index is -4.53. The van der Waals surface area contributed by atoms with Gasteiger partial charge >= 0.3 is 17.9 Å². The molecular weight excluding hydrogens is 250 g/mol. The van der Waals surface area contributed by atoms with E-state index < -0.39 is 24.0 Å². The summed E-state index contributed by atoms with van der Waals surface area (Å²) < 4.78 is 50.5.